The van der Waals surface area contributed by atoms with Crippen LogP contribution in [0, 0.1) is 28.9 Å². The van der Waals surface area contributed by atoms with E-state index in [0.29, 0.717) is 32.6 Å². The van der Waals surface area contributed by atoms with Gasteiger partial charge in [0.1, 0.15) is 22.7 Å². The number of nitrogens with two attached hydrogens (primary N) is 1. The molecule has 1 fully saturated rings. The molecule has 2 aliphatic heterocycles. The van der Waals surface area contributed by atoms with Gasteiger partial charge in [0.15, 0.2) is 0 Å². The first-order chi connectivity index (χ1) is 16.4. The lowest BCUT2D eigenvalue weighted by Gasteiger charge is -2.37. The van der Waals surface area contributed by atoms with Crippen LogP contribution in [0.15, 0.2) is 18.2 Å². The number of halogens is 3. The number of anilines is 1. The first-order valence-electron chi connectivity index (χ1n) is 10.7. The summed E-state index contributed by atoms with van der Waals surface area (Å²) in [4.78, 5) is 15.1. The van der Waals surface area contributed by atoms with Crippen LogP contribution in [0.5, 0.6) is 0 Å². The second-order valence-electron chi connectivity index (χ2n) is 8.42. The summed E-state index contributed by atoms with van der Waals surface area (Å²) in [5.41, 5.74) is 6.10. The Hall–Kier alpha value is -3.62. The van der Waals surface area contributed by atoms with E-state index in [2.05, 4.69) is 10.4 Å². The molecule has 2 aromatic carbocycles. The van der Waals surface area contributed by atoms with Gasteiger partial charge in [-0.3, -0.25) is 9.48 Å². The Bertz CT molecular complexity index is 1570. The highest BCUT2D eigenvalue weighted by Crippen LogP contribution is 2.45. The van der Waals surface area contributed by atoms with E-state index in [4.69, 9.17) is 5.73 Å². The Balaban J connectivity index is 1.69. The second kappa shape index (κ2) is 7.44. The summed E-state index contributed by atoms with van der Waals surface area (Å²) in [6.07, 6.45) is 0.557. The number of hydrogen-bond acceptors (Lipinski definition) is 6. The zero-order valence-corrected chi connectivity index (χ0v) is 18.5. The van der Waals surface area contributed by atoms with Gasteiger partial charge in [-0.1, -0.05) is 6.07 Å². The molecule has 11 heteroatoms. The van der Waals surface area contributed by atoms with Crippen LogP contribution < -0.4 is 11.1 Å². The average Bonchev–Trinajstić information content (AvgIpc) is 3.34. The van der Waals surface area contributed by atoms with Gasteiger partial charge in [0.05, 0.1) is 26.7 Å². The number of piperazine rings is 1. The number of nitrogen functional groups attached to an aromatic ring is 1. The van der Waals surface area contributed by atoms with Crippen LogP contribution in [0.3, 0.4) is 0 Å². The number of benzene rings is 2. The molecule has 1 atom stereocenters. The van der Waals surface area contributed by atoms with Crippen LogP contribution in [0.4, 0.5) is 18.2 Å². The number of rotatable bonds is 1. The molecule has 34 heavy (non-hydrogen) atoms. The van der Waals surface area contributed by atoms with Crippen LogP contribution >= 0.6 is 11.3 Å². The molecule has 1 saturated heterocycles. The standard InChI is InChI=1S/C23H17F3N6OS/c24-14-2-1-11(16-13(8-27)22(28)34-20(14)16)17-15(25)7-12-19-18(17)21(26)30-32(19)5-3-10-9-29-4-6-31(10)23(12)33/h1-2,7,10,29H,3-6,9,28H2/t10-/m0/s1. The fourth-order valence-corrected chi connectivity index (χ4v) is 6.07. The van der Waals surface area contributed by atoms with E-state index in [-0.39, 0.29) is 60.2 Å². The van der Waals surface area contributed by atoms with Gasteiger partial charge in [-0.25, -0.2) is 8.78 Å². The summed E-state index contributed by atoms with van der Waals surface area (Å²) in [7, 11) is 0. The van der Waals surface area contributed by atoms with Gasteiger partial charge in [0.2, 0.25) is 5.95 Å². The maximum Gasteiger partial charge on any atom is 0.256 e. The van der Waals surface area contributed by atoms with Crippen molar-refractivity contribution >= 4 is 43.2 Å². The maximum absolute atomic E-state index is 15.8. The molecule has 3 N–H and O–H groups in total. The third-order valence-corrected chi connectivity index (χ3v) is 7.67. The molecular weight excluding hydrogens is 465 g/mol. The Morgan fingerprint density at radius 2 is 2.00 bits per heavy atom. The Labute approximate surface area is 195 Å². The van der Waals surface area contributed by atoms with Crippen LogP contribution in [0.25, 0.3) is 32.1 Å². The van der Waals surface area contributed by atoms with Gasteiger partial charge in [-0.05, 0) is 24.1 Å². The lowest BCUT2D eigenvalue weighted by Crippen LogP contribution is -2.54. The van der Waals surface area contributed by atoms with Crippen molar-refractivity contribution in [2.75, 3.05) is 25.4 Å². The summed E-state index contributed by atoms with van der Waals surface area (Å²) in [5, 5.41) is 16.9. The van der Waals surface area contributed by atoms with Crippen molar-refractivity contribution in [1.29, 1.82) is 5.26 Å². The van der Waals surface area contributed by atoms with Crippen molar-refractivity contribution < 1.29 is 18.0 Å². The van der Waals surface area contributed by atoms with Crippen molar-refractivity contribution in [1.82, 2.24) is 20.0 Å². The van der Waals surface area contributed by atoms with E-state index in [1.165, 1.54) is 10.7 Å². The Kier molecular flexibility index (Phi) is 4.59. The van der Waals surface area contributed by atoms with Crippen molar-refractivity contribution in [2.45, 2.75) is 19.0 Å². The molecule has 0 unspecified atom stereocenters. The van der Waals surface area contributed by atoms with E-state index in [1.807, 2.05) is 6.07 Å². The van der Waals surface area contributed by atoms with Crippen LogP contribution in [-0.2, 0) is 6.54 Å². The van der Waals surface area contributed by atoms with Gasteiger partial charge in [0, 0.05) is 43.2 Å². The number of thiophene rings is 1. The van der Waals surface area contributed by atoms with Gasteiger partial charge >= 0.3 is 0 Å². The highest BCUT2D eigenvalue weighted by atomic mass is 32.1. The molecular formula is C23H17F3N6OS. The van der Waals surface area contributed by atoms with E-state index < -0.39 is 17.6 Å². The Morgan fingerprint density at radius 1 is 1.18 bits per heavy atom. The summed E-state index contributed by atoms with van der Waals surface area (Å²) < 4.78 is 47.2. The third kappa shape index (κ3) is 2.79. The highest BCUT2D eigenvalue weighted by molar-refractivity contribution is 7.23. The van der Waals surface area contributed by atoms with Crippen LogP contribution in [-0.4, -0.2) is 46.3 Å². The Morgan fingerprint density at radius 3 is 2.79 bits per heavy atom. The maximum atomic E-state index is 15.8. The molecule has 4 heterocycles. The molecule has 6 rings (SSSR count). The average molecular weight is 482 g/mol. The summed E-state index contributed by atoms with van der Waals surface area (Å²) in [5.74, 6) is -2.79. The van der Waals surface area contributed by atoms with Crippen molar-refractivity contribution in [3.63, 3.8) is 0 Å². The quantitative estimate of drug-likeness (QED) is 0.432. The number of nitrogens with zero attached hydrogens (tertiary/aromatic N) is 4. The summed E-state index contributed by atoms with van der Waals surface area (Å²) >= 11 is 0.874. The van der Waals surface area contributed by atoms with E-state index in [0.717, 1.165) is 23.5 Å². The molecule has 0 bridgehead atoms. The fourth-order valence-electron chi connectivity index (χ4n) is 5.12. The molecule has 1 amide bonds. The van der Waals surface area contributed by atoms with Gasteiger partial charge < -0.3 is 16.0 Å². The number of aryl methyl sites for hydroxylation is 1. The van der Waals surface area contributed by atoms with Crippen molar-refractivity contribution in [3.8, 4) is 17.2 Å². The minimum Gasteiger partial charge on any atom is -0.389 e. The van der Waals surface area contributed by atoms with Crippen molar-refractivity contribution in [3.05, 3.63) is 46.9 Å². The van der Waals surface area contributed by atoms with Crippen LogP contribution in [0.2, 0.25) is 0 Å². The minimum atomic E-state index is -0.935. The molecule has 2 aromatic heterocycles. The minimum absolute atomic E-state index is 0.000206. The van der Waals surface area contributed by atoms with Crippen LogP contribution in [0.1, 0.15) is 22.3 Å². The third-order valence-electron chi connectivity index (χ3n) is 6.64. The molecule has 0 radical (unpaired) electrons. The first-order valence-corrected chi connectivity index (χ1v) is 11.5. The normalized spacial score (nSPS) is 18.1. The smallest absolute Gasteiger partial charge is 0.256 e. The number of nitriles is 1. The number of nitrogens with one attached hydrogen (secondary N) is 1. The molecule has 4 aromatic rings. The van der Waals surface area contributed by atoms with Gasteiger partial charge in [-0.2, -0.15) is 9.65 Å². The largest absolute Gasteiger partial charge is 0.389 e. The number of aromatic nitrogens is 2. The number of carbonyl (C=O) groups is 1. The van der Waals surface area contributed by atoms with E-state index in [9.17, 15) is 14.4 Å². The predicted octanol–water partition coefficient (Wildman–Crippen LogP) is 3.61. The van der Waals surface area contributed by atoms with E-state index in [1.54, 1.807) is 4.90 Å². The monoisotopic (exact) mass is 482 g/mol. The molecule has 0 aliphatic carbocycles. The summed E-state index contributed by atoms with van der Waals surface area (Å²) in [6.45, 7) is 2.01. The molecule has 0 saturated carbocycles. The van der Waals surface area contributed by atoms with Gasteiger partial charge in [0.25, 0.3) is 5.91 Å². The fraction of sp³-hybridized carbons (Fsp3) is 0.261. The predicted molar refractivity (Wildman–Crippen MR) is 122 cm³/mol. The first kappa shape index (κ1) is 20.9. The molecule has 172 valence electrons. The second-order valence-corrected chi connectivity index (χ2v) is 9.47. The number of carbonyl (C=O) groups excluding carboxylic acids is 1. The lowest BCUT2D eigenvalue weighted by atomic mass is 9.93. The number of hydrogen-bond donors (Lipinski definition) is 2. The van der Waals surface area contributed by atoms with Crippen molar-refractivity contribution in [2.24, 2.45) is 0 Å². The highest BCUT2D eigenvalue weighted by Gasteiger charge is 2.35. The zero-order chi connectivity index (χ0) is 23.7. The molecule has 7 nitrogen and oxygen atoms in total. The lowest BCUT2D eigenvalue weighted by molar-refractivity contribution is 0.0613. The van der Waals surface area contributed by atoms with E-state index >= 15 is 8.78 Å². The molecule has 2 aliphatic rings. The summed E-state index contributed by atoms with van der Waals surface area (Å²) in [6, 6.07) is 5.38. The SMILES string of the molecule is N#Cc1c(N)sc2c(F)ccc(-c3c(F)cc4c5c3c(F)nn5CC[C@H]3CNCCN3C4=O)c12. The molecule has 0 spiro atoms. The number of amides is 1. The zero-order valence-electron chi connectivity index (χ0n) is 17.7. The number of fused-ring (bicyclic) bond motifs is 2. The van der Waals surface area contributed by atoms with Gasteiger partial charge in [-0.15, -0.1) is 16.4 Å². The topological polar surface area (TPSA) is 100.0 Å².